The van der Waals surface area contributed by atoms with Gasteiger partial charge in [-0.15, -0.1) is 11.3 Å². The third-order valence-electron chi connectivity index (χ3n) is 3.41. The number of rotatable bonds is 5. The molecule has 0 amide bonds. The number of hydrogen-bond acceptors (Lipinski definition) is 3. The lowest BCUT2D eigenvalue weighted by atomic mass is 9.96. The Morgan fingerprint density at radius 1 is 1.30 bits per heavy atom. The molecule has 2 nitrogen and oxygen atoms in total. The molecule has 1 heterocycles. The van der Waals surface area contributed by atoms with Gasteiger partial charge in [-0.1, -0.05) is 13.0 Å². The van der Waals surface area contributed by atoms with Gasteiger partial charge in [-0.3, -0.25) is 0 Å². The molecular weight excluding hydrogens is 271 g/mol. The van der Waals surface area contributed by atoms with E-state index in [0.29, 0.717) is 0 Å². The van der Waals surface area contributed by atoms with Gasteiger partial charge >= 0.3 is 0 Å². The summed E-state index contributed by atoms with van der Waals surface area (Å²) < 4.78 is 14.5. The normalized spacial score (nSPS) is 12.7. The molecule has 2 rings (SSSR count). The minimum Gasteiger partial charge on any atom is -0.305 e. The topological polar surface area (TPSA) is 24.9 Å². The van der Waals surface area contributed by atoms with Gasteiger partial charge in [0.2, 0.25) is 0 Å². The van der Waals surface area contributed by atoms with Gasteiger partial charge in [0.15, 0.2) is 0 Å². The number of halogens is 1. The summed E-state index contributed by atoms with van der Waals surface area (Å²) in [5, 5.41) is 3.46. The average molecular weight is 292 g/mol. The van der Waals surface area contributed by atoms with Crippen molar-refractivity contribution in [1.82, 2.24) is 10.3 Å². The molecule has 1 atom stereocenters. The molecule has 0 bridgehead atoms. The summed E-state index contributed by atoms with van der Waals surface area (Å²) in [6.45, 7) is 8.85. The van der Waals surface area contributed by atoms with Gasteiger partial charge in [-0.05, 0) is 50.9 Å². The fourth-order valence-corrected chi connectivity index (χ4v) is 3.38. The standard InChI is InChI=1S/C16H21FN2S/c1-5-6-18-15(16-12(4)19-9-20-16)14-11(3)7-10(2)8-13(14)17/h7-9,15,18H,5-6H2,1-4H3. The van der Waals surface area contributed by atoms with Crippen molar-refractivity contribution in [3.63, 3.8) is 0 Å². The number of nitrogens with zero attached hydrogens (tertiary/aromatic N) is 1. The van der Waals surface area contributed by atoms with Crippen molar-refractivity contribution in [3.05, 3.63) is 50.7 Å². The molecule has 1 aromatic carbocycles. The minimum atomic E-state index is -0.135. The zero-order chi connectivity index (χ0) is 14.7. The van der Waals surface area contributed by atoms with Gasteiger partial charge in [0, 0.05) is 10.4 Å². The fourth-order valence-electron chi connectivity index (χ4n) is 2.50. The van der Waals surface area contributed by atoms with E-state index in [0.717, 1.165) is 40.2 Å². The van der Waals surface area contributed by atoms with Crippen LogP contribution in [0.1, 0.15) is 46.6 Å². The summed E-state index contributed by atoms with van der Waals surface area (Å²) in [4.78, 5) is 5.41. The third-order valence-corrected chi connectivity index (χ3v) is 4.41. The highest BCUT2D eigenvalue weighted by Gasteiger charge is 2.23. The van der Waals surface area contributed by atoms with E-state index in [2.05, 4.69) is 17.2 Å². The van der Waals surface area contributed by atoms with Gasteiger partial charge < -0.3 is 5.32 Å². The van der Waals surface area contributed by atoms with Gasteiger partial charge in [0.25, 0.3) is 0 Å². The minimum absolute atomic E-state index is 0.108. The van der Waals surface area contributed by atoms with E-state index in [1.807, 2.05) is 32.3 Å². The summed E-state index contributed by atoms with van der Waals surface area (Å²) in [6.07, 6.45) is 1.01. The van der Waals surface area contributed by atoms with Crippen molar-refractivity contribution >= 4 is 11.3 Å². The highest BCUT2D eigenvalue weighted by Crippen LogP contribution is 2.32. The van der Waals surface area contributed by atoms with Crippen molar-refractivity contribution in [3.8, 4) is 0 Å². The molecule has 1 aromatic heterocycles. The molecule has 0 saturated heterocycles. The van der Waals surface area contributed by atoms with Crippen LogP contribution >= 0.6 is 11.3 Å². The summed E-state index contributed by atoms with van der Waals surface area (Å²) >= 11 is 1.58. The maximum atomic E-state index is 14.5. The van der Waals surface area contributed by atoms with E-state index in [-0.39, 0.29) is 11.9 Å². The lowest BCUT2D eigenvalue weighted by Crippen LogP contribution is -2.25. The maximum absolute atomic E-state index is 14.5. The van der Waals surface area contributed by atoms with Crippen LogP contribution in [0.3, 0.4) is 0 Å². The number of benzene rings is 1. The van der Waals surface area contributed by atoms with Crippen LogP contribution in [0.5, 0.6) is 0 Å². The average Bonchev–Trinajstić information content (AvgIpc) is 2.78. The summed E-state index contributed by atoms with van der Waals surface area (Å²) in [7, 11) is 0. The molecule has 0 aliphatic rings. The first-order chi connectivity index (χ1) is 9.54. The first kappa shape index (κ1) is 15.1. The van der Waals surface area contributed by atoms with Crippen molar-refractivity contribution in [2.45, 2.75) is 40.2 Å². The Hall–Kier alpha value is -1.26. The van der Waals surface area contributed by atoms with Gasteiger partial charge in [0.1, 0.15) is 5.82 Å². The van der Waals surface area contributed by atoms with Crippen LogP contribution in [0.4, 0.5) is 4.39 Å². The molecule has 0 aliphatic heterocycles. The predicted octanol–water partition coefficient (Wildman–Crippen LogP) is 4.30. The Balaban J connectivity index is 2.50. The van der Waals surface area contributed by atoms with Crippen molar-refractivity contribution in [2.75, 3.05) is 6.54 Å². The Kier molecular flexibility index (Phi) is 4.89. The molecule has 108 valence electrons. The van der Waals surface area contributed by atoms with Crippen LogP contribution in [-0.4, -0.2) is 11.5 Å². The lowest BCUT2D eigenvalue weighted by molar-refractivity contribution is 0.546. The zero-order valence-corrected chi connectivity index (χ0v) is 13.3. The van der Waals surface area contributed by atoms with Gasteiger partial charge in [-0.2, -0.15) is 0 Å². The van der Waals surface area contributed by atoms with Crippen LogP contribution < -0.4 is 5.32 Å². The van der Waals surface area contributed by atoms with E-state index in [1.54, 1.807) is 17.4 Å². The molecule has 4 heteroatoms. The predicted molar refractivity (Wildman–Crippen MR) is 82.9 cm³/mol. The van der Waals surface area contributed by atoms with Crippen molar-refractivity contribution < 1.29 is 4.39 Å². The van der Waals surface area contributed by atoms with E-state index >= 15 is 0 Å². The molecule has 0 saturated carbocycles. The summed E-state index contributed by atoms with van der Waals surface area (Å²) in [5.41, 5.74) is 5.49. The van der Waals surface area contributed by atoms with Crippen LogP contribution in [0, 0.1) is 26.6 Å². The van der Waals surface area contributed by atoms with Crippen LogP contribution in [-0.2, 0) is 0 Å². The van der Waals surface area contributed by atoms with Crippen molar-refractivity contribution in [1.29, 1.82) is 0 Å². The quantitative estimate of drug-likeness (QED) is 0.889. The second kappa shape index (κ2) is 6.46. The molecule has 0 spiro atoms. The van der Waals surface area contributed by atoms with Crippen molar-refractivity contribution in [2.24, 2.45) is 0 Å². The number of nitrogens with one attached hydrogen (secondary N) is 1. The molecule has 0 aliphatic carbocycles. The highest BCUT2D eigenvalue weighted by molar-refractivity contribution is 7.09. The fraction of sp³-hybridized carbons (Fsp3) is 0.438. The maximum Gasteiger partial charge on any atom is 0.128 e. The number of thiazole rings is 1. The van der Waals surface area contributed by atoms with Gasteiger partial charge in [-0.25, -0.2) is 9.37 Å². The first-order valence-electron chi connectivity index (χ1n) is 6.94. The molecule has 1 unspecified atom stereocenters. The Morgan fingerprint density at radius 2 is 2.05 bits per heavy atom. The summed E-state index contributed by atoms with van der Waals surface area (Å²) in [5.74, 6) is -0.135. The van der Waals surface area contributed by atoms with Crippen LogP contribution in [0.25, 0.3) is 0 Å². The highest BCUT2D eigenvalue weighted by atomic mass is 32.1. The third kappa shape index (κ3) is 3.07. The van der Waals surface area contributed by atoms with E-state index in [4.69, 9.17) is 0 Å². The molecule has 0 fully saturated rings. The van der Waals surface area contributed by atoms with Crippen LogP contribution in [0.15, 0.2) is 17.6 Å². The monoisotopic (exact) mass is 292 g/mol. The molecular formula is C16H21FN2S. The largest absolute Gasteiger partial charge is 0.305 e. The Morgan fingerprint density at radius 3 is 2.60 bits per heavy atom. The SMILES string of the molecule is CCCNC(c1scnc1C)c1c(C)cc(C)cc1F. The van der Waals surface area contributed by atoms with E-state index < -0.39 is 0 Å². The second-order valence-electron chi connectivity index (χ2n) is 5.17. The molecule has 20 heavy (non-hydrogen) atoms. The molecule has 0 radical (unpaired) electrons. The Bertz CT molecular complexity index is 569. The lowest BCUT2D eigenvalue weighted by Gasteiger charge is -2.21. The van der Waals surface area contributed by atoms with Gasteiger partial charge in [0.05, 0.1) is 17.2 Å². The Labute approximate surface area is 124 Å². The summed E-state index contributed by atoms with van der Waals surface area (Å²) in [6, 6.07) is 3.54. The number of aryl methyl sites for hydroxylation is 3. The number of aromatic nitrogens is 1. The molecule has 2 aromatic rings. The van der Waals surface area contributed by atoms with E-state index in [9.17, 15) is 4.39 Å². The first-order valence-corrected chi connectivity index (χ1v) is 7.82. The van der Waals surface area contributed by atoms with Crippen LogP contribution in [0.2, 0.25) is 0 Å². The molecule has 1 N–H and O–H groups in total. The smallest absolute Gasteiger partial charge is 0.128 e. The second-order valence-corrected chi connectivity index (χ2v) is 6.05. The number of hydrogen-bond donors (Lipinski definition) is 1. The zero-order valence-electron chi connectivity index (χ0n) is 12.5. The van der Waals surface area contributed by atoms with E-state index in [1.165, 1.54) is 0 Å².